The van der Waals surface area contributed by atoms with E-state index in [4.69, 9.17) is 5.11 Å². The van der Waals surface area contributed by atoms with Crippen LogP contribution in [0.5, 0.6) is 0 Å². The van der Waals surface area contributed by atoms with Crippen molar-refractivity contribution in [1.82, 2.24) is 0 Å². The highest BCUT2D eigenvalue weighted by Crippen LogP contribution is 2.24. The number of carbonyl (C=O) groups excluding carboxylic acids is 1. The summed E-state index contributed by atoms with van der Waals surface area (Å²) < 4.78 is 4.67. The SMILES string of the molecule is CCOC(=O)[C@@H](O)c1ccccc1.CC[C@@](O)(C(=O)O)c1ccccc1. The lowest BCUT2D eigenvalue weighted by Gasteiger charge is -2.21. The minimum atomic E-state index is -1.75. The average molecular weight is 360 g/mol. The summed E-state index contributed by atoms with van der Waals surface area (Å²) in [4.78, 5) is 21.9. The molecule has 0 aliphatic heterocycles. The van der Waals surface area contributed by atoms with Gasteiger partial charge in [0.05, 0.1) is 6.61 Å². The molecule has 0 saturated carbocycles. The Morgan fingerprint density at radius 3 is 1.92 bits per heavy atom. The largest absolute Gasteiger partial charge is 0.479 e. The Bertz CT molecular complexity index is 684. The second-order valence-corrected chi connectivity index (χ2v) is 5.45. The van der Waals surface area contributed by atoms with Crippen LogP contribution in [0.1, 0.15) is 37.5 Å². The number of carboxylic acids is 1. The summed E-state index contributed by atoms with van der Waals surface area (Å²) >= 11 is 0. The predicted octanol–water partition coefficient (Wildman–Crippen LogP) is 2.65. The second kappa shape index (κ2) is 10.3. The maximum absolute atomic E-state index is 11.1. The predicted molar refractivity (Wildman–Crippen MR) is 96.3 cm³/mol. The lowest BCUT2D eigenvalue weighted by molar-refractivity contribution is -0.160. The zero-order valence-corrected chi connectivity index (χ0v) is 14.8. The van der Waals surface area contributed by atoms with Gasteiger partial charge in [0.2, 0.25) is 0 Å². The van der Waals surface area contributed by atoms with Crippen LogP contribution >= 0.6 is 0 Å². The van der Waals surface area contributed by atoms with Crippen LogP contribution in [0, 0.1) is 0 Å². The van der Waals surface area contributed by atoms with E-state index in [0.29, 0.717) is 11.1 Å². The fourth-order valence-electron chi connectivity index (χ4n) is 2.19. The molecule has 26 heavy (non-hydrogen) atoms. The molecule has 0 spiro atoms. The highest BCUT2D eigenvalue weighted by molar-refractivity contribution is 5.79. The number of aliphatic carboxylic acids is 1. The standard InChI is InChI=1S/2C10H12O3/c1-2-10(13,9(11)12)8-6-4-3-5-7-8;1-2-13-10(12)9(11)8-6-4-3-5-7-8/h3-7,13H,2H2,1H3,(H,11,12);3-7,9,11H,2H2,1H3/t10-;9-/m00/s1. The topological polar surface area (TPSA) is 104 Å². The summed E-state index contributed by atoms with van der Waals surface area (Å²) in [5, 5.41) is 28.1. The first kappa shape index (κ1) is 21.3. The van der Waals surface area contributed by atoms with Gasteiger partial charge in [-0.1, -0.05) is 67.6 Å². The normalized spacial score (nSPS) is 13.5. The van der Waals surface area contributed by atoms with Crippen molar-refractivity contribution in [1.29, 1.82) is 0 Å². The number of hydrogen-bond donors (Lipinski definition) is 3. The molecule has 0 aliphatic rings. The van der Waals surface area contributed by atoms with Gasteiger partial charge in [-0.2, -0.15) is 0 Å². The molecule has 3 N–H and O–H groups in total. The van der Waals surface area contributed by atoms with E-state index in [2.05, 4.69) is 4.74 Å². The zero-order valence-electron chi connectivity index (χ0n) is 14.8. The van der Waals surface area contributed by atoms with Crippen molar-refractivity contribution in [2.24, 2.45) is 0 Å². The quantitative estimate of drug-likeness (QED) is 0.684. The lowest BCUT2D eigenvalue weighted by atomic mass is 9.91. The van der Waals surface area contributed by atoms with Crippen LogP contribution in [-0.2, 0) is 19.9 Å². The molecule has 2 rings (SSSR count). The van der Waals surface area contributed by atoms with Crippen molar-refractivity contribution >= 4 is 11.9 Å². The summed E-state index contributed by atoms with van der Waals surface area (Å²) in [6, 6.07) is 17.1. The molecule has 0 bridgehead atoms. The van der Waals surface area contributed by atoms with Crippen molar-refractivity contribution < 1.29 is 29.6 Å². The smallest absolute Gasteiger partial charge is 0.340 e. The fourth-order valence-corrected chi connectivity index (χ4v) is 2.19. The first-order valence-electron chi connectivity index (χ1n) is 8.27. The number of benzene rings is 2. The summed E-state index contributed by atoms with van der Waals surface area (Å²) in [6.45, 7) is 3.62. The van der Waals surface area contributed by atoms with Gasteiger partial charge in [0, 0.05) is 0 Å². The number of carboxylic acid groups (broad SMARTS) is 1. The summed E-state index contributed by atoms with van der Waals surface area (Å²) in [6.07, 6.45) is -1.01. The Balaban J connectivity index is 0.000000260. The molecule has 6 heteroatoms. The average Bonchev–Trinajstić information content (AvgIpc) is 2.68. The van der Waals surface area contributed by atoms with Crippen LogP contribution in [0.2, 0.25) is 0 Å². The van der Waals surface area contributed by atoms with Gasteiger partial charge >= 0.3 is 11.9 Å². The van der Waals surface area contributed by atoms with Crippen molar-refractivity contribution in [2.75, 3.05) is 6.61 Å². The summed E-state index contributed by atoms with van der Waals surface area (Å²) in [5.74, 6) is -1.81. The molecule has 0 radical (unpaired) electrons. The van der Waals surface area contributed by atoms with Gasteiger partial charge in [-0.05, 0) is 24.5 Å². The van der Waals surface area contributed by atoms with Crippen LogP contribution in [0.25, 0.3) is 0 Å². The van der Waals surface area contributed by atoms with Gasteiger partial charge in [0.25, 0.3) is 0 Å². The maximum Gasteiger partial charge on any atom is 0.340 e. The molecule has 0 heterocycles. The Morgan fingerprint density at radius 2 is 1.50 bits per heavy atom. The van der Waals surface area contributed by atoms with E-state index in [9.17, 15) is 19.8 Å². The minimum absolute atomic E-state index is 0.159. The molecule has 2 atom stereocenters. The van der Waals surface area contributed by atoms with E-state index < -0.39 is 23.6 Å². The molecule has 2 aromatic carbocycles. The van der Waals surface area contributed by atoms with Gasteiger partial charge in [0.15, 0.2) is 11.7 Å². The molecule has 6 nitrogen and oxygen atoms in total. The van der Waals surface area contributed by atoms with Crippen LogP contribution < -0.4 is 0 Å². The van der Waals surface area contributed by atoms with E-state index in [1.165, 1.54) is 0 Å². The molecular formula is C20H24O6. The maximum atomic E-state index is 11.1. The molecule has 0 aliphatic carbocycles. The van der Waals surface area contributed by atoms with Gasteiger partial charge in [0.1, 0.15) is 0 Å². The number of ether oxygens (including phenoxy) is 1. The van der Waals surface area contributed by atoms with Gasteiger partial charge in [-0.3, -0.25) is 0 Å². The van der Waals surface area contributed by atoms with Crippen molar-refractivity contribution in [3.05, 3.63) is 71.8 Å². The monoisotopic (exact) mass is 360 g/mol. The Hall–Kier alpha value is -2.70. The zero-order chi connectivity index (χ0) is 19.6. The van der Waals surface area contributed by atoms with E-state index in [1.54, 1.807) is 68.4 Å². The highest BCUT2D eigenvalue weighted by atomic mass is 16.5. The fraction of sp³-hybridized carbons (Fsp3) is 0.300. The molecule has 140 valence electrons. The third kappa shape index (κ3) is 5.68. The minimum Gasteiger partial charge on any atom is -0.479 e. The third-order valence-electron chi connectivity index (χ3n) is 3.74. The number of carbonyl (C=O) groups is 2. The number of rotatable bonds is 6. The van der Waals surface area contributed by atoms with Crippen LogP contribution in [-0.4, -0.2) is 33.9 Å². The van der Waals surface area contributed by atoms with Crippen LogP contribution in [0.4, 0.5) is 0 Å². The first-order chi connectivity index (χ1) is 12.4. The highest BCUT2D eigenvalue weighted by Gasteiger charge is 2.35. The van der Waals surface area contributed by atoms with E-state index in [1.807, 2.05) is 6.07 Å². The Labute approximate surface area is 152 Å². The van der Waals surface area contributed by atoms with E-state index in [-0.39, 0.29) is 13.0 Å². The van der Waals surface area contributed by atoms with Crippen molar-refractivity contribution in [3.63, 3.8) is 0 Å². The van der Waals surface area contributed by atoms with E-state index in [0.717, 1.165) is 0 Å². The molecule has 0 fully saturated rings. The molecule has 0 aromatic heterocycles. The van der Waals surface area contributed by atoms with Crippen molar-refractivity contribution in [3.8, 4) is 0 Å². The van der Waals surface area contributed by atoms with Crippen LogP contribution in [0.3, 0.4) is 0 Å². The molecule has 0 saturated heterocycles. The lowest BCUT2D eigenvalue weighted by Crippen LogP contribution is -2.34. The Kier molecular flexibility index (Phi) is 8.48. The molecular weight excluding hydrogens is 336 g/mol. The second-order valence-electron chi connectivity index (χ2n) is 5.45. The number of aliphatic hydroxyl groups excluding tert-OH is 1. The number of esters is 1. The first-order valence-corrected chi connectivity index (χ1v) is 8.27. The van der Waals surface area contributed by atoms with Gasteiger partial charge < -0.3 is 20.1 Å². The molecule has 2 aromatic rings. The molecule has 0 amide bonds. The Morgan fingerprint density at radius 1 is 1.00 bits per heavy atom. The van der Waals surface area contributed by atoms with Gasteiger partial charge in [-0.25, -0.2) is 9.59 Å². The summed E-state index contributed by atoms with van der Waals surface area (Å²) in [5.41, 5.74) is -0.771. The molecule has 0 unspecified atom stereocenters. The van der Waals surface area contributed by atoms with Crippen LogP contribution in [0.15, 0.2) is 60.7 Å². The van der Waals surface area contributed by atoms with Crippen molar-refractivity contribution in [2.45, 2.75) is 32.0 Å². The third-order valence-corrected chi connectivity index (χ3v) is 3.74. The van der Waals surface area contributed by atoms with Gasteiger partial charge in [-0.15, -0.1) is 0 Å². The van der Waals surface area contributed by atoms with E-state index >= 15 is 0 Å². The summed E-state index contributed by atoms with van der Waals surface area (Å²) in [7, 11) is 0. The number of aliphatic hydroxyl groups is 2. The number of hydrogen-bond acceptors (Lipinski definition) is 5.